The molecule has 0 fully saturated rings. The number of rotatable bonds is 8. The number of anilines is 1. The molecule has 0 saturated carbocycles. The number of benzene rings is 2. The molecule has 1 N–H and O–H groups in total. The van der Waals surface area contributed by atoms with Crippen LogP contribution in [0, 0.1) is 6.92 Å². The number of nitrogens with zero attached hydrogens (tertiary/aromatic N) is 2. The lowest BCUT2D eigenvalue weighted by Gasteiger charge is -2.33. The third-order valence-corrected chi connectivity index (χ3v) is 6.66. The molecule has 0 heterocycles. The molecule has 186 valence electrons. The average molecular weight is 529 g/mol. The quantitative estimate of drug-likeness (QED) is 0.551. The Balaban J connectivity index is 2.45. The van der Waals surface area contributed by atoms with E-state index in [1.807, 2.05) is 52.0 Å². The fourth-order valence-corrected chi connectivity index (χ4v) is 4.67. The molecule has 34 heavy (non-hydrogen) atoms. The van der Waals surface area contributed by atoms with Gasteiger partial charge in [-0.1, -0.05) is 47.5 Å². The number of amides is 2. The van der Waals surface area contributed by atoms with Gasteiger partial charge in [0.2, 0.25) is 21.8 Å². The summed E-state index contributed by atoms with van der Waals surface area (Å²) in [5, 5.41) is 3.35. The van der Waals surface area contributed by atoms with Crippen LogP contribution in [0.5, 0.6) is 0 Å². The second-order valence-electron chi connectivity index (χ2n) is 9.26. The van der Waals surface area contributed by atoms with Crippen molar-refractivity contribution in [2.45, 2.75) is 52.7 Å². The van der Waals surface area contributed by atoms with Crippen LogP contribution in [-0.4, -0.2) is 49.5 Å². The lowest BCUT2D eigenvalue weighted by atomic mass is 10.1. The molecular weight excluding hydrogens is 497 g/mol. The van der Waals surface area contributed by atoms with E-state index in [-0.39, 0.29) is 28.2 Å². The van der Waals surface area contributed by atoms with Crippen molar-refractivity contribution in [3.05, 3.63) is 63.6 Å². The predicted octanol–water partition coefficient (Wildman–Crippen LogP) is 4.40. The normalized spacial score (nSPS) is 12.7. The summed E-state index contributed by atoms with van der Waals surface area (Å²) in [7, 11) is -3.87. The van der Waals surface area contributed by atoms with Crippen LogP contribution in [-0.2, 0) is 26.2 Å². The van der Waals surface area contributed by atoms with Gasteiger partial charge < -0.3 is 10.2 Å². The Bertz CT molecular complexity index is 1140. The first-order valence-corrected chi connectivity index (χ1v) is 13.3. The van der Waals surface area contributed by atoms with Crippen molar-refractivity contribution in [2.24, 2.45) is 0 Å². The average Bonchev–Trinajstić information content (AvgIpc) is 2.67. The first kappa shape index (κ1) is 28.0. The Morgan fingerprint density at radius 3 is 2.12 bits per heavy atom. The fraction of sp³-hybridized carbons (Fsp3) is 0.417. The maximum Gasteiger partial charge on any atom is 0.244 e. The van der Waals surface area contributed by atoms with Gasteiger partial charge in [-0.2, -0.15) is 0 Å². The Morgan fingerprint density at radius 2 is 1.62 bits per heavy atom. The van der Waals surface area contributed by atoms with Crippen LogP contribution in [0.25, 0.3) is 0 Å². The minimum absolute atomic E-state index is 0.137. The smallest absolute Gasteiger partial charge is 0.244 e. The zero-order valence-electron chi connectivity index (χ0n) is 20.2. The van der Waals surface area contributed by atoms with E-state index in [1.54, 1.807) is 6.92 Å². The van der Waals surface area contributed by atoms with Gasteiger partial charge in [0, 0.05) is 22.1 Å². The zero-order valence-corrected chi connectivity index (χ0v) is 22.6. The second kappa shape index (κ2) is 11.0. The van der Waals surface area contributed by atoms with Crippen LogP contribution >= 0.6 is 23.2 Å². The summed E-state index contributed by atoms with van der Waals surface area (Å²) in [6.07, 6.45) is 0.997. The van der Waals surface area contributed by atoms with E-state index < -0.39 is 34.1 Å². The molecule has 0 aromatic heterocycles. The standard InChI is InChI=1S/C24H31Cl2N3O4S/c1-16-9-7-8-10-18(16)14-28(17(2)23(31)27-24(3,4)5)22(30)15-29(34(6,32)33)21-12-19(25)11-20(26)13-21/h7-13,17H,14-15H2,1-6H3,(H,27,31)/t17-/m1/s1. The molecule has 0 aliphatic carbocycles. The van der Waals surface area contributed by atoms with Gasteiger partial charge in [-0.15, -0.1) is 0 Å². The van der Waals surface area contributed by atoms with E-state index in [4.69, 9.17) is 23.2 Å². The molecular formula is C24H31Cl2N3O4S. The van der Waals surface area contributed by atoms with Crippen molar-refractivity contribution in [1.29, 1.82) is 0 Å². The Hall–Kier alpha value is -2.29. The highest BCUT2D eigenvalue weighted by Crippen LogP contribution is 2.27. The molecule has 0 aliphatic rings. The monoisotopic (exact) mass is 527 g/mol. The van der Waals surface area contributed by atoms with E-state index in [1.165, 1.54) is 23.1 Å². The second-order valence-corrected chi connectivity index (χ2v) is 12.0. The van der Waals surface area contributed by atoms with E-state index in [9.17, 15) is 18.0 Å². The summed E-state index contributed by atoms with van der Waals surface area (Å²) < 4.78 is 26.1. The summed E-state index contributed by atoms with van der Waals surface area (Å²) in [5.74, 6) is -0.882. The van der Waals surface area contributed by atoms with Crippen LogP contribution in [0.2, 0.25) is 10.0 Å². The third-order valence-electron chi connectivity index (χ3n) is 5.08. The molecule has 10 heteroatoms. The number of carbonyl (C=O) groups is 2. The summed E-state index contributed by atoms with van der Waals surface area (Å²) in [6, 6.07) is 11.0. The van der Waals surface area contributed by atoms with Crippen LogP contribution in [0.1, 0.15) is 38.8 Å². The minimum atomic E-state index is -3.87. The topological polar surface area (TPSA) is 86.8 Å². The molecule has 2 amide bonds. The van der Waals surface area contributed by atoms with Crippen LogP contribution in [0.15, 0.2) is 42.5 Å². The molecule has 2 aromatic carbocycles. The zero-order chi connectivity index (χ0) is 25.8. The van der Waals surface area contributed by atoms with Gasteiger partial charge in [-0.25, -0.2) is 8.42 Å². The number of hydrogen-bond acceptors (Lipinski definition) is 4. The lowest BCUT2D eigenvalue weighted by molar-refractivity contribution is -0.140. The van der Waals surface area contributed by atoms with Crippen LogP contribution < -0.4 is 9.62 Å². The number of halogens is 2. The summed E-state index contributed by atoms with van der Waals surface area (Å²) in [6.45, 7) is 8.69. The van der Waals surface area contributed by atoms with Gasteiger partial charge in [-0.3, -0.25) is 13.9 Å². The maximum absolute atomic E-state index is 13.5. The number of hydrogen-bond donors (Lipinski definition) is 1. The van der Waals surface area contributed by atoms with Gasteiger partial charge in [0.25, 0.3) is 0 Å². The van der Waals surface area contributed by atoms with E-state index in [2.05, 4.69) is 5.32 Å². The van der Waals surface area contributed by atoms with Crippen molar-refractivity contribution in [3.8, 4) is 0 Å². The van der Waals surface area contributed by atoms with Crippen molar-refractivity contribution in [3.63, 3.8) is 0 Å². The maximum atomic E-state index is 13.5. The highest BCUT2D eigenvalue weighted by molar-refractivity contribution is 7.92. The molecule has 0 spiro atoms. The first-order valence-electron chi connectivity index (χ1n) is 10.7. The lowest BCUT2D eigenvalue weighted by Crippen LogP contribution is -2.54. The van der Waals surface area contributed by atoms with Crippen molar-refractivity contribution < 1.29 is 18.0 Å². The van der Waals surface area contributed by atoms with E-state index >= 15 is 0 Å². The molecule has 7 nitrogen and oxygen atoms in total. The predicted molar refractivity (Wildman–Crippen MR) is 138 cm³/mol. The molecule has 2 rings (SSSR count). The van der Waals surface area contributed by atoms with Crippen LogP contribution in [0.3, 0.4) is 0 Å². The molecule has 0 saturated heterocycles. The number of nitrogens with one attached hydrogen (secondary N) is 1. The Labute approximate surface area is 212 Å². The van der Waals surface area contributed by atoms with Gasteiger partial charge in [-0.05, 0) is 63.9 Å². The highest BCUT2D eigenvalue weighted by Gasteiger charge is 2.31. The summed E-state index contributed by atoms with van der Waals surface area (Å²) in [4.78, 5) is 27.9. The largest absolute Gasteiger partial charge is 0.350 e. The minimum Gasteiger partial charge on any atom is -0.350 e. The molecule has 0 aliphatic heterocycles. The Morgan fingerprint density at radius 1 is 1.06 bits per heavy atom. The van der Waals surface area contributed by atoms with Crippen LogP contribution in [0.4, 0.5) is 5.69 Å². The van der Waals surface area contributed by atoms with Gasteiger partial charge in [0.05, 0.1) is 11.9 Å². The molecule has 0 radical (unpaired) electrons. The van der Waals surface area contributed by atoms with Gasteiger partial charge in [0.15, 0.2) is 0 Å². The molecule has 1 atom stereocenters. The van der Waals surface area contributed by atoms with Crippen molar-refractivity contribution >= 4 is 50.7 Å². The van der Waals surface area contributed by atoms with Crippen molar-refractivity contribution in [2.75, 3.05) is 17.1 Å². The number of carbonyl (C=O) groups excluding carboxylic acids is 2. The van der Waals surface area contributed by atoms with E-state index in [0.29, 0.717) is 0 Å². The SMILES string of the molecule is Cc1ccccc1CN(C(=O)CN(c1cc(Cl)cc(Cl)c1)S(C)(=O)=O)[C@H](C)C(=O)NC(C)(C)C. The molecule has 2 aromatic rings. The summed E-state index contributed by atoms with van der Waals surface area (Å²) >= 11 is 12.1. The first-order chi connectivity index (χ1) is 15.6. The fourth-order valence-electron chi connectivity index (χ4n) is 3.32. The van der Waals surface area contributed by atoms with E-state index in [0.717, 1.165) is 21.7 Å². The third kappa shape index (κ3) is 7.89. The molecule has 0 unspecified atom stereocenters. The number of sulfonamides is 1. The number of aryl methyl sites for hydroxylation is 1. The van der Waals surface area contributed by atoms with Gasteiger partial charge >= 0.3 is 0 Å². The van der Waals surface area contributed by atoms with Crippen molar-refractivity contribution in [1.82, 2.24) is 10.2 Å². The summed E-state index contributed by atoms with van der Waals surface area (Å²) in [5.41, 5.74) is 1.46. The Kier molecular flexibility index (Phi) is 9.02. The molecule has 0 bridgehead atoms. The van der Waals surface area contributed by atoms with Gasteiger partial charge in [0.1, 0.15) is 12.6 Å². The highest BCUT2D eigenvalue weighted by atomic mass is 35.5.